The van der Waals surface area contributed by atoms with E-state index in [1.165, 1.54) is 17.3 Å². The first-order valence-corrected chi connectivity index (χ1v) is 6.63. The van der Waals surface area contributed by atoms with E-state index < -0.39 is 0 Å². The Morgan fingerprint density at radius 3 is 2.95 bits per heavy atom. The number of rotatable bonds is 4. The molecule has 0 radical (unpaired) electrons. The van der Waals surface area contributed by atoms with Crippen LogP contribution >= 0.6 is 0 Å². The molecular formula is C16H17FN2. The Hall–Kier alpha value is -1.74. The minimum atomic E-state index is -0.272. The first-order valence-electron chi connectivity index (χ1n) is 6.63. The van der Waals surface area contributed by atoms with Gasteiger partial charge in [-0.3, -0.25) is 4.98 Å². The molecule has 3 heteroatoms. The zero-order valence-corrected chi connectivity index (χ0v) is 10.9. The van der Waals surface area contributed by atoms with Crippen molar-refractivity contribution in [1.82, 2.24) is 10.3 Å². The highest BCUT2D eigenvalue weighted by atomic mass is 19.1. The van der Waals surface area contributed by atoms with Crippen LogP contribution in [0.25, 0.3) is 0 Å². The van der Waals surface area contributed by atoms with Gasteiger partial charge in [0.05, 0.1) is 6.20 Å². The highest BCUT2D eigenvalue weighted by Gasteiger charge is 2.28. The molecule has 1 heterocycles. The monoisotopic (exact) mass is 256 g/mol. The molecule has 19 heavy (non-hydrogen) atoms. The molecule has 3 rings (SSSR count). The summed E-state index contributed by atoms with van der Waals surface area (Å²) in [7, 11) is 1.92. The molecule has 1 aromatic carbocycles. The van der Waals surface area contributed by atoms with Crippen LogP contribution in [0.5, 0.6) is 0 Å². The van der Waals surface area contributed by atoms with Gasteiger partial charge in [-0.1, -0.05) is 24.3 Å². The van der Waals surface area contributed by atoms with E-state index in [0.717, 1.165) is 18.4 Å². The molecule has 98 valence electrons. The van der Waals surface area contributed by atoms with Gasteiger partial charge in [-0.05, 0) is 48.6 Å². The van der Waals surface area contributed by atoms with Crippen LogP contribution < -0.4 is 5.32 Å². The van der Waals surface area contributed by atoms with E-state index in [4.69, 9.17) is 0 Å². The number of aromatic nitrogens is 1. The summed E-state index contributed by atoms with van der Waals surface area (Å²) in [6, 6.07) is 10.3. The third-order valence-electron chi connectivity index (χ3n) is 3.96. The lowest BCUT2D eigenvalue weighted by molar-refractivity contribution is 0.449. The SMILES string of the molecule is CNC(CC1Cc2ccccc21)c1cncc(F)c1. The van der Waals surface area contributed by atoms with Crippen LogP contribution in [0.3, 0.4) is 0 Å². The molecule has 0 saturated heterocycles. The maximum atomic E-state index is 13.2. The summed E-state index contributed by atoms with van der Waals surface area (Å²) in [6.07, 6.45) is 5.10. The van der Waals surface area contributed by atoms with Gasteiger partial charge in [0.25, 0.3) is 0 Å². The first-order chi connectivity index (χ1) is 9.28. The second-order valence-electron chi connectivity index (χ2n) is 5.11. The lowest BCUT2D eigenvalue weighted by Crippen LogP contribution is -2.25. The fourth-order valence-electron chi connectivity index (χ4n) is 2.90. The molecule has 2 unspecified atom stereocenters. The lowest BCUT2D eigenvalue weighted by Gasteiger charge is -2.33. The fraction of sp³-hybridized carbons (Fsp3) is 0.312. The number of nitrogens with zero attached hydrogens (tertiary/aromatic N) is 1. The van der Waals surface area contributed by atoms with Gasteiger partial charge in [-0.2, -0.15) is 0 Å². The molecule has 0 saturated carbocycles. The third kappa shape index (κ3) is 2.38. The van der Waals surface area contributed by atoms with Crippen molar-refractivity contribution in [2.24, 2.45) is 0 Å². The third-order valence-corrected chi connectivity index (χ3v) is 3.96. The Balaban J connectivity index is 1.76. The zero-order valence-electron chi connectivity index (χ0n) is 10.9. The number of nitrogens with one attached hydrogen (secondary N) is 1. The highest BCUT2D eigenvalue weighted by molar-refractivity contribution is 5.40. The Morgan fingerprint density at radius 2 is 2.21 bits per heavy atom. The summed E-state index contributed by atoms with van der Waals surface area (Å²) in [5, 5.41) is 3.27. The van der Waals surface area contributed by atoms with Gasteiger partial charge in [-0.25, -0.2) is 4.39 Å². The Bertz CT molecular complexity index is 582. The van der Waals surface area contributed by atoms with Crippen molar-refractivity contribution < 1.29 is 4.39 Å². The quantitative estimate of drug-likeness (QED) is 0.908. The summed E-state index contributed by atoms with van der Waals surface area (Å²) in [4.78, 5) is 3.93. The van der Waals surface area contributed by atoms with E-state index in [2.05, 4.69) is 34.6 Å². The predicted molar refractivity (Wildman–Crippen MR) is 73.5 cm³/mol. The number of halogens is 1. The molecule has 2 atom stereocenters. The highest BCUT2D eigenvalue weighted by Crippen LogP contribution is 2.40. The van der Waals surface area contributed by atoms with Crippen molar-refractivity contribution in [3.8, 4) is 0 Å². The van der Waals surface area contributed by atoms with Crippen molar-refractivity contribution in [2.75, 3.05) is 7.05 Å². The van der Waals surface area contributed by atoms with E-state index in [1.807, 2.05) is 7.05 Å². The van der Waals surface area contributed by atoms with Crippen LogP contribution in [0.2, 0.25) is 0 Å². The second-order valence-corrected chi connectivity index (χ2v) is 5.11. The van der Waals surface area contributed by atoms with Gasteiger partial charge in [0, 0.05) is 12.2 Å². The van der Waals surface area contributed by atoms with Crippen LogP contribution in [0.4, 0.5) is 4.39 Å². The molecule has 2 aromatic rings. The second kappa shape index (κ2) is 5.10. The normalized spacial score (nSPS) is 18.5. The fourth-order valence-corrected chi connectivity index (χ4v) is 2.90. The molecule has 1 aromatic heterocycles. The van der Waals surface area contributed by atoms with Crippen molar-refractivity contribution >= 4 is 0 Å². The Morgan fingerprint density at radius 1 is 1.37 bits per heavy atom. The molecule has 0 fully saturated rings. The van der Waals surface area contributed by atoms with Gasteiger partial charge in [0.2, 0.25) is 0 Å². The molecule has 1 aliphatic carbocycles. The van der Waals surface area contributed by atoms with E-state index in [9.17, 15) is 4.39 Å². The van der Waals surface area contributed by atoms with Gasteiger partial charge < -0.3 is 5.32 Å². The van der Waals surface area contributed by atoms with Crippen LogP contribution in [0.1, 0.15) is 35.1 Å². The van der Waals surface area contributed by atoms with E-state index in [0.29, 0.717) is 5.92 Å². The number of hydrogen-bond acceptors (Lipinski definition) is 2. The van der Waals surface area contributed by atoms with Crippen LogP contribution in [0, 0.1) is 5.82 Å². The summed E-state index contributed by atoms with van der Waals surface area (Å²) < 4.78 is 13.2. The number of hydrogen-bond donors (Lipinski definition) is 1. The number of pyridine rings is 1. The molecule has 1 aliphatic rings. The van der Waals surface area contributed by atoms with Crippen molar-refractivity contribution in [3.05, 3.63) is 65.2 Å². The van der Waals surface area contributed by atoms with Crippen LogP contribution in [-0.2, 0) is 6.42 Å². The minimum Gasteiger partial charge on any atom is -0.313 e. The maximum absolute atomic E-state index is 13.2. The van der Waals surface area contributed by atoms with Gasteiger partial charge in [-0.15, -0.1) is 0 Å². The van der Waals surface area contributed by atoms with Gasteiger partial charge in [0.1, 0.15) is 5.82 Å². The molecule has 1 N–H and O–H groups in total. The summed E-state index contributed by atoms with van der Waals surface area (Å²) in [5.74, 6) is 0.295. The van der Waals surface area contributed by atoms with Crippen molar-refractivity contribution in [3.63, 3.8) is 0 Å². The minimum absolute atomic E-state index is 0.154. The maximum Gasteiger partial charge on any atom is 0.141 e. The summed E-state index contributed by atoms with van der Waals surface area (Å²) in [5.41, 5.74) is 3.80. The summed E-state index contributed by atoms with van der Waals surface area (Å²) >= 11 is 0. The number of fused-ring (bicyclic) bond motifs is 1. The molecule has 0 bridgehead atoms. The largest absolute Gasteiger partial charge is 0.313 e. The Labute approximate surface area is 112 Å². The van der Waals surface area contributed by atoms with Crippen LogP contribution in [0.15, 0.2) is 42.7 Å². The van der Waals surface area contributed by atoms with Crippen molar-refractivity contribution in [1.29, 1.82) is 0 Å². The van der Waals surface area contributed by atoms with Crippen molar-refractivity contribution in [2.45, 2.75) is 24.8 Å². The van der Waals surface area contributed by atoms with Gasteiger partial charge in [0.15, 0.2) is 0 Å². The van der Waals surface area contributed by atoms with E-state index in [1.54, 1.807) is 12.3 Å². The van der Waals surface area contributed by atoms with Gasteiger partial charge >= 0.3 is 0 Å². The van der Waals surface area contributed by atoms with Crippen LogP contribution in [-0.4, -0.2) is 12.0 Å². The molecule has 0 spiro atoms. The smallest absolute Gasteiger partial charge is 0.141 e. The molecule has 0 aliphatic heterocycles. The molecular weight excluding hydrogens is 239 g/mol. The van der Waals surface area contributed by atoms with E-state index >= 15 is 0 Å². The summed E-state index contributed by atoms with van der Waals surface area (Å²) in [6.45, 7) is 0. The average molecular weight is 256 g/mol. The topological polar surface area (TPSA) is 24.9 Å². The molecule has 2 nitrogen and oxygen atoms in total. The van der Waals surface area contributed by atoms with E-state index in [-0.39, 0.29) is 11.9 Å². The lowest BCUT2D eigenvalue weighted by atomic mass is 9.74. The predicted octanol–water partition coefficient (Wildman–Crippen LogP) is 3.21. The molecule has 0 amide bonds. The zero-order chi connectivity index (χ0) is 13.2. The number of benzene rings is 1. The average Bonchev–Trinajstić information content (AvgIpc) is 2.40. The first kappa shape index (κ1) is 12.3. The standard InChI is InChI=1S/C16H17FN2/c1-18-16(13-7-14(17)10-19-9-13)8-12-6-11-4-2-3-5-15(11)12/h2-5,7,9-10,12,16,18H,6,8H2,1H3. The Kier molecular flexibility index (Phi) is 3.30.